The van der Waals surface area contributed by atoms with Gasteiger partial charge in [0.25, 0.3) is 5.56 Å². The minimum atomic E-state index is -0.149. The van der Waals surface area contributed by atoms with Gasteiger partial charge in [0.15, 0.2) is 23.9 Å². The Kier molecular flexibility index (Phi) is 5.07. The molecule has 28 heavy (non-hydrogen) atoms. The van der Waals surface area contributed by atoms with Crippen molar-refractivity contribution in [2.24, 2.45) is 0 Å². The molecule has 0 bridgehead atoms. The van der Waals surface area contributed by atoms with Gasteiger partial charge in [0.2, 0.25) is 0 Å². The Morgan fingerprint density at radius 3 is 3.07 bits per heavy atom. The largest absolute Gasteiger partial charge is 0.493 e. The van der Waals surface area contributed by atoms with E-state index in [1.165, 1.54) is 12.0 Å². The highest BCUT2D eigenvalue weighted by atomic mass is 35.5. The van der Waals surface area contributed by atoms with Gasteiger partial charge in [-0.3, -0.25) is 4.79 Å². The van der Waals surface area contributed by atoms with Crippen molar-refractivity contribution in [2.45, 2.75) is 19.3 Å². The molecule has 0 spiro atoms. The highest BCUT2D eigenvalue weighted by Crippen LogP contribution is 2.35. The van der Waals surface area contributed by atoms with Crippen molar-refractivity contribution in [3.05, 3.63) is 50.4 Å². The number of aromatic amines is 1. The molecule has 0 aliphatic heterocycles. The van der Waals surface area contributed by atoms with E-state index < -0.39 is 0 Å². The molecule has 3 aromatic rings. The average Bonchev–Trinajstić information content (AvgIpc) is 3.27. The van der Waals surface area contributed by atoms with Gasteiger partial charge in [0, 0.05) is 4.88 Å². The van der Waals surface area contributed by atoms with Gasteiger partial charge < -0.3 is 14.5 Å². The number of nitrogens with one attached hydrogen (secondary N) is 1. The van der Waals surface area contributed by atoms with E-state index >= 15 is 0 Å². The third-order valence-electron chi connectivity index (χ3n) is 4.57. The Labute approximate surface area is 170 Å². The topological polar surface area (TPSA) is 88.0 Å². The van der Waals surface area contributed by atoms with E-state index in [9.17, 15) is 4.79 Å². The van der Waals surface area contributed by atoms with Crippen molar-refractivity contribution in [1.82, 2.24) is 9.97 Å². The zero-order chi connectivity index (χ0) is 19.7. The van der Waals surface area contributed by atoms with E-state index in [0.29, 0.717) is 27.7 Å². The number of halogens is 1. The van der Waals surface area contributed by atoms with Crippen LogP contribution in [0.25, 0.3) is 21.3 Å². The standard InChI is InChI=1S/C20H16ClN3O3S/c1-26-15-10-11(5-6-14(15)27-8-7-22)9-13(21)18-23-19(25)17-12-3-2-4-16(12)28-20(17)24-18/h5-6,9-10H,2-4,8H2,1H3,(H,23,24,25)/b13-9-. The second-order valence-corrected chi connectivity index (χ2v) is 7.79. The molecule has 1 aliphatic carbocycles. The average molecular weight is 414 g/mol. The smallest absolute Gasteiger partial charge is 0.260 e. The predicted molar refractivity (Wildman–Crippen MR) is 110 cm³/mol. The molecular weight excluding hydrogens is 398 g/mol. The van der Waals surface area contributed by atoms with Crippen molar-refractivity contribution < 1.29 is 9.47 Å². The van der Waals surface area contributed by atoms with E-state index in [2.05, 4.69) is 9.97 Å². The van der Waals surface area contributed by atoms with Crippen molar-refractivity contribution in [2.75, 3.05) is 13.7 Å². The molecule has 8 heteroatoms. The van der Waals surface area contributed by atoms with Crippen LogP contribution in [-0.2, 0) is 12.8 Å². The lowest BCUT2D eigenvalue weighted by Crippen LogP contribution is -2.10. The fourth-order valence-electron chi connectivity index (χ4n) is 3.33. The third kappa shape index (κ3) is 3.37. The Morgan fingerprint density at radius 2 is 2.29 bits per heavy atom. The first kappa shape index (κ1) is 18.5. The highest BCUT2D eigenvalue weighted by molar-refractivity contribution is 7.18. The fourth-order valence-corrected chi connectivity index (χ4v) is 4.81. The molecule has 0 atom stereocenters. The maximum atomic E-state index is 12.6. The SMILES string of the molecule is COc1cc(/C=C(\Cl)c2nc3sc4c(c3c(=O)[nH]2)CCC4)ccc1OCC#N. The van der Waals surface area contributed by atoms with E-state index in [4.69, 9.17) is 26.3 Å². The van der Waals surface area contributed by atoms with Crippen LogP contribution in [0.4, 0.5) is 0 Å². The molecule has 1 aliphatic rings. The van der Waals surface area contributed by atoms with Gasteiger partial charge >= 0.3 is 0 Å². The first-order valence-corrected chi connectivity index (χ1v) is 9.90. The number of thiophene rings is 1. The van der Waals surface area contributed by atoms with Crippen molar-refractivity contribution in [3.63, 3.8) is 0 Å². The molecule has 1 aromatic carbocycles. The van der Waals surface area contributed by atoms with Crippen molar-refractivity contribution in [3.8, 4) is 17.6 Å². The zero-order valence-corrected chi connectivity index (χ0v) is 16.6. The number of aryl methyl sites for hydroxylation is 2. The summed E-state index contributed by atoms with van der Waals surface area (Å²) >= 11 is 8.02. The van der Waals surface area contributed by atoms with Gasteiger partial charge in [-0.25, -0.2) is 4.98 Å². The zero-order valence-electron chi connectivity index (χ0n) is 15.0. The van der Waals surface area contributed by atoms with Crippen LogP contribution in [0.2, 0.25) is 0 Å². The highest BCUT2D eigenvalue weighted by Gasteiger charge is 2.21. The number of methoxy groups -OCH3 is 1. The molecule has 0 saturated heterocycles. The molecule has 0 saturated carbocycles. The van der Waals surface area contributed by atoms with Gasteiger partial charge in [0.1, 0.15) is 10.9 Å². The van der Waals surface area contributed by atoms with Crippen LogP contribution < -0.4 is 15.0 Å². The Balaban J connectivity index is 1.69. The first-order valence-electron chi connectivity index (χ1n) is 8.70. The summed E-state index contributed by atoms with van der Waals surface area (Å²) in [7, 11) is 1.52. The fraction of sp³-hybridized carbons (Fsp3) is 0.250. The molecule has 0 radical (unpaired) electrons. The number of benzene rings is 1. The Morgan fingerprint density at radius 1 is 1.43 bits per heavy atom. The maximum absolute atomic E-state index is 12.6. The number of nitrogens with zero attached hydrogens (tertiary/aromatic N) is 2. The van der Waals surface area contributed by atoms with Gasteiger partial charge in [0.05, 0.1) is 17.5 Å². The summed E-state index contributed by atoms with van der Waals surface area (Å²) in [5.41, 5.74) is 1.74. The van der Waals surface area contributed by atoms with Crippen LogP contribution in [0, 0.1) is 11.3 Å². The number of ether oxygens (including phenoxy) is 2. The second kappa shape index (κ2) is 7.66. The van der Waals surface area contributed by atoms with Gasteiger partial charge in [-0.2, -0.15) is 5.26 Å². The minimum absolute atomic E-state index is 0.0672. The molecule has 1 N–H and O–H groups in total. The van der Waals surface area contributed by atoms with Crippen LogP contribution >= 0.6 is 22.9 Å². The van der Waals surface area contributed by atoms with Gasteiger partial charge in [-0.1, -0.05) is 17.7 Å². The van der Waals surface area contributed by atoms with Crippen LogP contribution in [0.5, 0.6) is 11.5 Å². The molecule has 0 amide bonds. The number of nitriles is 1. The molecule has 0 fully saturated rings. The number of rotatable bonds is 5. The Bertz CT molecular complexity index is 1190. The summed E-state index contributed by atoms with van der Waals surface area (Å²) in [4.78, 5) is 21.9. The molecular formula is C20H16ClN3O3S. The van der Waals surface area contributed by atoms with E-state index in [1.54, 1.807) is 35.6 Å². The van der Waals surface area contributed by atoms with Crippen LogP contribution in [0.15, 0.2) is 23.0 Å². The monoisotopic (exact) mass is 413 g/mol. The summed E-state index contributed by atoms with van der Waals surface area (Å²) in [6.45, 7) is -0.0672. The van der Waals surface area contributed by atoms with E-state index in [-0.39, 0.29) is 12.2 Å². The summed E-state index contributed by atoms with van der Waals surface area (Å²) in [6, 6.07) is 7.15. The van der Waals surface area contributed by atoms with Crippen molar-refractivity contribution >= 4 is 44.3 Å². The van der Waals surface area contributed by atoms with E-state index in [0.717, 1.165) is 35.2 Å². The van der Waals surface area contributed by atoms with E-state index in [1.807, 2.05) is 6.07 Å². The number of hydrogen-bond acceptors (Lipinski definition) is 6. The molecule has 0 unspecified atom stereocenters. The molecule has 4 rings (SSSR count). The number of fused-ring (bicyclic) bond motifs is 3. The molecule has 2 aromatic heterocycles. The van der Waals surface area contributed by atoms with Crippen LogP contribution in [-0.4, -0.2) is 23.7 Å². The van der Waals surface area contributed by atoms with Gasteiger partial charge in [-0.05, 0) is 48.6 Å². The number of H-pyrrole nitrogens is 1. The Hall–Kier alpha value is -2.82. The normalized spacial score (nSPS) is 13.4. The molecule has 142 valence electrons. The summed E-state index contributed by atoms with van der Waals surface area (Å²) in [6.07, 6.45) is 4.73. The van der Waals surface area contributed by atoms with Crippen LogP contribution in [0.3, 0.4) is 0 Å². The maximum Gasteiger partial charge on any atom is 0.260 e. The lowest BCUT2D eigenvalue weighted by atomic mass is 10.2. The molecule has 6 nitrogen and oxygen atoms in total. The van der Waals surface area contributed by atoms with Crippen molar-refractivity contribution in [1.29, 1.82) is 5.26 Å². The summed E-state index contributed by atoms with van der Waals surface area (Å²) in [5, 5.41) is 9.67. The third-order valence-corrected chi connectivity index (χ3v) is 6.05. The number of aromatic nitrogens is 2. The first-order chi connectivity index (χ1) is 13.6. The van der Waals surface area contributed by atoms with Gasteiger partial charge in [-0.15, -0.1) is 11.3 Å². The molecule has 2 heterocycles. The lowest BCUT2D eigenvalue weighted by Gasteiger charge is -2.09. The summed E-state index contributed by atoms with van der Waals surface area (Å²) in [5.74, 6) is 1.29. The quantitative estimate of drug-likeness (QED) is 0.679. The number of hydrogen-bond donors (Lipinski definition) is 1. The summed E-state index contributed by atoms with van der Waals surface area (Å²) < 4.78 is 10.6. The van der Waals surface area contributed by atoms with Crippen LogP contribution in [0.1, 0.15) is 28.2 Å². The minimum Gasteiger partial charge on any atom is -0.493 e. The lowest BCUT2D eigenvalue weighted by molar-refractivity contribution is 0.329. The predicted octanol–water partition coefficient (Wildman–Crippen LogP) is 4.12. The second-order valence-electron chi connectivity index (χ2n) is 6.30.